The lowest BCUT2D eigenvalue weighted by Crippen LogP contribution is -2.39. The number of carbonyl (C=O) groups is 2. The van der Waals surface area contributed by atoms with Gasteiger partial charge in [-0.25, -0.2) is 5.01 Å². The average Bonchev–Trinajstić information content (AvgIpc) is 2.89. The third kappa shape index (κ3) is 3.06. The first-order chi connectivity index (χ1) is 11.6. The van der Waals surface area contributed by atoms with Crippen molar-refractivity contribution < 1.29 is 9.59 Å². The third-order valence-electron chi connectivity index (χ3n) is 4.03. The van der Waals surface area contributed by atoms with Crippen molar-refractivity contribution in [3.05, 3.63) is 66.2 Å². The van der Waals surface area contributed by atoms with E-state index < -0.39 is 12.0 Å². The zero-order valence-electron chi connectivity index (χ0n) is 13.6. The highest BCUT2D eigenvalue weighted by Gasteiger charge is 2.41. The topological polar surface area (TPSA) is 61.8 Å². The lowest BCUT2D eigenvalue weighted by atomic mass is 9.89. The van der Waals surface area contributed by atoms with Crippen LogP contribution in [-0.4, -0.2) is 17.5 Å². The maximum Gasteiger partial charge on any atom is 0.258 e. The molecule has 0 aliphatic carbocycles. The van der Waals surface area contributed by atoms with E-state index in [1.807, 2.05) is 67.6 Å². The molecule has 0 spiro atoms. The molecule has 3 rings (SSSR count). The van der Waals surface area contributed by atoms with E-state index in [-0.39, 0.29) is 11.8 Å². The first-order valence-corrected chi connectivity index (χ1v) is 7.84. The standard InChI is InChI=1S/C19H19N3O2/c1-13-17(18(20-14(2)23)15-9-5-3-6-10-15)19(24)22(21-13)16-11-7-4-8-12-16/h3-12,17-18H,1-2H3,(H,20,23)/t17-,18-/m1/s1. The number of nitrogens with one attached hydrogen (secondary N) is 1. The molecule has 5 nitrogen and oxygen atoms in total. The van der Waals surface area contributed by atoms with Crippen LogP contribution in [0.5, 0.6) is 0 Å². The molecule has 0 bridgehead atoms. The van der Waals surface area contributed by atoms with Crippen molar-refractivity contribution >= 4 is 23.2 Å². The number of para-hydroxylation sites is 1. The molecule has 0 unspecified atom stereocenters. The molecule has 0 aromatic heterocycles. The largest absolute Gasteiger partial charge is 0.348 e. The van der Waals surface area contributed by atoms with Crippen molar-refractivity contribution in [2.45, 2.75) is 19.9 Å². The molecule has 122 valence electrons. The van der Waals surface area contributed by atoms with Crippen LogP contribution in [0.25, 0.3) is 0 Å². The predicted octanol–water partition coefficient (Wildman–Crippen LogP) is 2.90. The number of nitrogens with zero attached hydrogens (tertiary/aromatic N) is 2. The smallest absolute Gasteiger partial charge is 0.258 e. The molecule has 2 aromatic rings. The van der Waals surface area contributed by atoms with Gasteiger partial charge in [0.05, 0.1) is 17.4 Å². The molecule has 0 saturated heterocycles. The molecule has 2 amide bonds. The van der Waals surface area contributed by atoms with Gasteiger partial charge < -0.3 is 5.32 Å². The van der Waals surface area contributed by atoms with Crippen LogP contribution in [0.3, 0.4) is 0 Å². The zero-order chi connectivity index (χ0) is 17.1. The van der Waals surface area contributed by atoms with Crippen LogP contribution in [0.4, 0.5) is 5.69 Å². The molecular formula is C19H19N3O2. The van der Waals surface area contributed by atoms with Crippen LogP contribution in [0.15, 0.2) is 65.8 Å². The van der Waals surface area contributed by atoms with Gasteiger partial charge in [0, 0.05) is 6.92 Å². The summed E-state index contributed by atoms with van der Waals surface area (Å²) in [5.41, 5.74) is 2.29. The first kappa shape index (κ1) is 15.9. The van der Waals surface area contributed by atoms with Crippen molar-refractivity contribution in [3.63, 3.8) is 0 Å². The van der Waals surface area contributed by atoms with Crippen molar-refractivity contribution in [2.24, 2.45) is 11.0 Å². The molecule has 1 N–H and O–H groups in total. The Balaban J connectivity index is 1.96. The summed E-state index contributed by atoms with van der Waals surface area (Å²) in [4.78, 5) is 24.6. The van der Waals surface area contributed by atoms with Gasteiger partial charge in [-0.1, -0.05) is 48.5 Å². The summed E-state index contributed by atoms with van der Waals surface area (Å²) in [7, 11) is 0. The van der Waals surface area contributed by atoms with Gasteiger partial charge in [0.25, 0.3) is 5.91 Å². The number of hydrogen-bond donors (Lipinski definition) is 1. The fraction of sp³-hybridized carbons (Fsp3) is 0.211. The van der Waals surface area contributed by atoms with E-state index in [2.05, 4.69) is 10.4 Å². The minimum absolute atomic E-state index is 0.138. The lowest BCUT2D eigenvalue weighted by Gasteiger charge is -2.24. The molecule has 2 atom stereocenters. The van der Waals surface area contributed by atoms with Gasteiger partial charge in [-0.3, -0.25) is 9.59 Å². The molecule has 0 saturated carbocycles. The highest BCUT2D eigenvalue weighted by Crippen LogP contribution is 2.32. The lowest BCUT2D eigenvalue weighted by molar-refractivity contribution is -0.122. The first-order valence-electron chi connectivity index (χ1n) is 7.84. The van der Waals surface area contributed by atoms with Crippen molar-refractivity contribution in [2.75, 3.05) is 5.01 Å². The van der Waals surface area contributed by atoms with E-state index in [4.69, 9.17) is 0 Å². The van der Waals surface area contributed by atoms with E-state index in [1.54, 1.807) is 0 Å². The second-order valence-corrected chi connectivity index (χ2v) is 5.79. The van der Waals surface area contributed by atoms with Crippen LogP contribution >= 0.6 is 0 Å². The summed E-state index contributed by atoms with van der Waals surface area (Å²) in [6.45, 7) is 3.28. The molecule has 1 aliphatic heterocycles. The summed E-state index contributed by atoms with van der Waals surface area (Å²) in [5, 5.41) is 8.74. The van der Waals surface area contributed by atoms with Gasteiger partial charge in [-0.15, -0.1) is 0 Å². The second kappa shape index (κ2) is 6.66. The van der Waals surface area contributed by atoms with Crippen LogP contribution in [0, 0.1) is 5.92 Å². The number of rotatable bonds is 4. The normalized spacial score (nSPS) is 18.2. The highest BCUT2D eigenvalue weighted by molar-refractivity contribution is 6.15. The van der Waals surface area contributed by atoms with Gasteiger partial charge in [-0.05, 0) is 24.6 Å². The highest BCUT2D eigenvalue weighted by atomic mass is 16.2. The van der Waals surface area contributed by atoms with Crippen LogP contribution < -0.4 is 10.3 Å². The summed E-state index contributed by atoms with van der Waals surface area (Å²) in [6, 6.07) is 18.4. The Bertz CT molecular complexity index is 772. The van der Waals surface area contributed by atoms with Crippen molar-refractivity contribution in [1.82, 2.24) is 5.32 Å². The summed E-state index contributed by atoms with van der Waals surface area (Å²) in [6.07, 6.45) is 0. The van der Waals surface area contributed by atoms with E-state index in [1.165, 1.54) is 11.9 Å². The molecule has 1 heterocycles. The van der Waals surface area contributed by atoms with Crippen molar-refractivity contribution in [1.29, 1.82) is 0 Å². The summed E-state index contributed by atoms with van der Waals surface area (Å²) in [5.74, 6) is -0.833. The number of hydrazone groups is 1. The summed E-state index contributed by atoms with van der Waals surface area (Å²) >= 11 is 0. The monoisotopic (exact) mass is 321 g/mol. The number of benzene rings is 2. The van der Waals surface area contributed by atoms with E-state index >= 15 is 0 Å². The molecule has 5 heteroatoms. The van der Waals surface area contributed by atoms with Crippen LogP contribution in [0.1, 0.15) is 25.5 Å². The van der Waals surface area contributed by atoms with Gasteiger partial charge in [0.1, 0.15) is 5.92 Å². The minimum Gasteiger partial charge on any atom is -0.348 e. The quantitative estimate of drug-likeness (QED) is 0.941. The Morgan fingerprint density at radius 1 is 1.08 bits per heavy atom. The van der Waals surface area contributed by atoms with E-state index in [9.17, 15) is 9.59 Å². The Morgan fingerprint density at radius 2 is 1.67 bits per heavy atom. The maximum atomic E-state index is 13.0. The average molecular weight is 321 g/mol. The third-order valence-corrected chi connectivity index (χ3v) is 4.03. The Morgan fingerprint density at radius 3 is 2.25 bits per heavy atom. The van der Waals surface area contributed by atoms with Gasteiger partial charge in [0.2, 0.25) is 5.91 Å². The number of amides is 2. The molecule has 1 aliphatic rings. The van der Waals surface area contributed by atoms with Crippen LogP contribution in [-0.2, 0) is 9.59 Å². The fourth-order valence-corrected chi connectivity index (χ4v) is 2.96. The Hall–Kier alpha value is -2.95. The number of carbonyl (C=O) groups excluding carboxylic acids is 2. The molecule has 24 heavy (non-hydrogen) atoms. The minimum atomic E-state index is -0.517. The second-order valence-electron chi connectivity index (χ2n) is 5.79. The summed E-state index contributed by atoms with van der Waals surface area (Å²) < 4.78 is 0. The van der Waals surface area contributed by atoms with Gasteiger partial charge >= 0.3 is 0 Å². The maximum absolute atomic E-state index is 13.0. The number of anilines is 1. The van der Waals surface area contributed by atoms with E-state index in [0.29, 0.717) is 5.71 Å². The SMILES string of the molecule is CC(=O)N[C@H](c1ccccc1)[C@@H]1C(=O)N(c2ccccc2)N=C1C. The molecule has 0 fully saturated rings. The van der Waals surface area contributed by atoms with Gasteiger partial charge in [-0.2, -0.15) is 5.10 Å². The zero-order valence-corrected chi connectivity index (χ0v) is 13.6. The fourth-order valence-electron chi connectivity index (χ4n) is 2.96. The predicted molar refractivity (Wildman–Crippen MR) is 93.5 cm³/mol. The Kier molecular flexibility index (Phi) is 4.42. The van der Waals surface area contributed by atoms with Crippen molar-refractivity contribution in [3.8, 4) is 0 Å². The van der Waals surface area contributed by atoms with Gasteiger partial charge in [0.15, 0.2) is 0 Å². The number of hydrogen-bond acceptors (Lipinski definition) is 3. The van der Waals surface area contributed by atoms with Crippen LogP contribution in [0.2, 0.25) is 0 Å². The molecule has 2 aromatic carbocycles. The molecular weight excluding hydrogens is 302 g/mol. The Labute approximate surface area is 141 Å². The molecule has 0 radical (unpaired) electrons. The van der Waals surface area contributed by atoms with E-state index in [0.717, 1.165) is 11.3 Å².